The van der Waals surface area contributed by atoms with Gasteiger partial charge in [0.05, 0.1) is 13.2 Å². The molecule has 0 saturated heterocycles. The summed E-state index contributed by atoms with van der Waals surface area (Å²) in [5.41, 5.74) is 11.3. The fourth-order valence-electron chi connectivity index (χ4n) is 4.11. The smallest absolute Gasteiger partial charge is 0.342 e. The van der Waals surface area contributed by atoms with Crippen LogP contribution in [0.3, 0.4) is 0 Å². The number of anilines is 5. The van der Waals surface area contributed by atoms with Crippen molar-refractivity contribution >= 4 is 56.2 Å². The van der Waals surface area contributed by atoms with Crippen LogP contribution < -0.4 is 16.0 Å². The van der Waals surface area contributed by atoms with E-state index in [0.29, 0.717) is 5.56 Å². The number of nitrogens with two attached hydrogens (primary N) is 1. The predicted octanol–water partition coefficient (Wildman–Crippen LogP) is 7.02. The Labute approximate surface area is 237 Å². The molecule has 40 heavy (non-hydrogen) atoms. The second-order valence-corrected chi connectivity index (χ2v) is 10.0. The number of ether oxygens (including phenoxy) is 2. The standard InChI is InChI=1S/C31H31N3O5S/c1-5-38-30(36)25-26(31(37)39-6-2)29(40-27(25)32)33-28(35)21-11-17-24(18-12-21)34(22-13-7-19(3)8-14-22)23-15-9-20(4)10-16-23/h7-18H,5-6,32H2,1-4H3,(H,33,35). The molecule has 1 heterocycles. The van der Waals surface area contributed by atoms with Crippen LogP contribution in [-0.2, 0) is 9.47 Å². The lowest BCUT2D eigenvalue weighted by atomic mass is 10.1. The van der Waals surface area contributed by atoms with Gasteiger partial charge >= 0.3 is 11.9 Å². The molecule has 0 radical (unpaired) electrons. The van der Waals surface area contributed by atoms with Gasteiger partial charge in [0, 0.05) is 22.6 Å². The third-order valence-corrected chi connectivity index (χ3v) is 7.03. The van der Waals surface area contributed by atoms with E-state index >= 15 is 0 Å². The topological polar surface area (TPSA) is 111 Å². The third-order valence-electron chi connectivity index (χ3n) is 6.09. The Hall–Kier alpha value is -4.63. The van der Waals surface area contributed by atoms with Crippen molar-refractivity contribution in [3.8, 4) is 0 Å². The summed E-state index contributed by atoms with van der Waals surface area (Å²) in [6.45, 7) is 7.57. The lowest BCUT2D eigenvalue weighted by molar-refractivity contribution is 0.0481. The lowest BCUT2D eigenvalue weighted by Gasteiger charge is -2.26. The largest absolute Gasteiger partial charge is 0.462 e. The number of esters is 2. The van der Waals surface area contributed by atoms with Crippen molar-refractivity contribution < 1.29 is 23.9 Å². The first-order chi connectivity index (χ1) is 19.2. The van der Waals surface area contributed by atoms with Crippen molar-refractivity contribution in [1.29, 1.82) is 0 Å². The van der Waals surface area contributed by atoms with Gasteiger partial charge in [0.1, 0.15) is 21.1 Å². The third kappa shape index (κ3) is 6.16. The van der Waals surface area contributed by atoms with Gasteiger partial charge in [0.2, 0.25) is 0 Å². The number of nitrogen functional groups attached to an aromatic ring is 1. The molecule has 1 amide bonds. The molecule has 1 aromatic heterocycles. The summed E-state index contributed by atoms with van der Waals surface area (Å²) >= 11 is 0.913. The fraction of sp³-hybridized carbons (Fsp3) is 0.194. The van der Waals surface area contributed by atoms with Crippen LogP contribution >= 0.6 is 11.3 Å². The number of carbonyl (C=O) groups excluding carboxylic acids is 3. The van der Waals surface area contributed by atoms with E-state index in [9.17, 15) is 14.4 Å². The number of benzene rings is 3. The summed E-state index contributed by atoms with van der Waals surface area (Å²) < 4.78 is 10.2. The zero-order chi connectivity index (χ0) is 28.8. The summed E-state index contributed by atoms with van der Waals surface area (Å²) in [4.78, 5) is 40.6. The van der Waals surface area contributed by atoms with Crippen molar-refractivity contribution in [3.63, 3.8) is 0 Å². The Kier molecular flexibility index (Phi) is 8.86. The van der Waals surface area contributed by atoms with E-state index in [1.807, 2.05) is 26.0 Å². The number of amides is 1. The fourth-order valence-corrected chi connectivity index (χ4v) is 5.05. The Morgan fingerprint density at radius 2 is 1.15 bits per heavy atom. The van der Waals surface area contributed by atoms with E-state index in [1.165, 1.54) is 0 Å². The molecule has 0 aliphatic rings. The van der Waals surface area contributed by atoms with E-state index in [1.54, 1.807) is 26.0 Å². The number of rotatable bonds is 9. The number of hydrogen-bond acceptors (Lipinski definition) is 8. The maximum absolute atomic E-state index is 13.2. The number of aryl methyl sites for hydroxylation is 2. The molecule has 0 spiro atoms. The highest BCUT2D eigenvalue weighted by Gasteiger charge is 2.30. The Morgan fingerprint density at radius 1 is 0.725 bits per heavy atom. The molecule has 0 atom stereocenters. The normalized spacial score (nSPS) is 10.6. The van der Waals surface area contributed by atoms with Crippen molar-refractivity contribution in [2.24, 2.45) is 0 Å². The molecular formula is C31H31N3O5S. The highest BCUT2D eigenvalue weighted by atomic mass is 32.1. The molecule has 8 nitrogen and oxygen atoms in total. The first-order valence-corrected chi connectivity index (χ1v) is 13.7. The van der Waals surface area contributed by atoms with E-state index < -0.39 is 17.8 Å². The van der Waals surface area contributed by atoms with Crippen LogP contribution in [0.15, 0.2) is 72.8 Å². The molecule has 0 unspecified atom stereocenters. The number of thiophene rings is 1. The summed E-state index contributed by atoms with van der Waals surface area (Å²) in [6.07, 6.45) is 0. The summed E-state index contributed by atoms with van der Waals surface area (Å²) in [5, 5.41) is 2.90. The van der Waals surface area contributed by atoms with Crippen LogP contribution in [-0.4, -0.2) is 31.1 Å². The maximum atomic E-state index is 13.2. The number of nitrogens with zero attached hydrogens (tertiary/aromatic N) is 1. The first kappa shape index (κ1) is 28.4. The van der Waals surface area contributed by atoms with Gasteiger partial charge < -0.3 is 25.4 Å². The lowest BCUT2D eigenvalue weighted by Crippen LogP contribution is -2.17. The summed E-state index contributed by atoms with van der Waals surface area (Å²) in [5.74, 6) is -1.99. The monoisotopic (exact) mass is 557 g/mol. The zero-order valence-electron chi connectivity index (χ0n) is 22.8. The van der Waals surface area contributed by atoms with Gasteiger partial charge in [-0.25, -0.2) is 9.59 Å². The zero-order valence-corrected chi connectivity index (χ0v) is 23.6. The molecule has 0 bridgehead atoms. The van der Waals surface area contributed by atoms with Crippen LogP contribution in [0, 0.1) is 13.8 Å². The van der Waals surface area contributed by atoms with Gasteiger partial charge in [-0.15, -0.1) is 0 Å². The average molecular weight is 558 g/mol. The van der Waals surface area contributed by atoms with Crippen molar-refractivity contribution in [3.05, 3.63) is 101 Å². The number of hydrogen-bond donors (Lipinski definition) is 2. The van der Waals surface area contributed by atoms with E-state index in [-0.39, 0.29) is 34.3 Å². The van der Waals surface area contributed by atoms with E-state index in [0.717, 1.165) is 39.5 Å². The molecule has 0 aliphatic carbocycles. The number of nitrogens with one attached hydrogen (secondary N) is 1. The molecule has 3 N–H and O–H groups in total. The van der Waals surface area contributed by atoms with Gasteiger partial charge in [0.25, 0.3) is 5.91 Å². The predicted molar refractivity (Wildman–Crippen MR) is 159 cm³/mol. The minimum absolute atomic E-state index is 0.0546. The highest BCUT2D eigenvalue weighted by Crippen LogP contribution is 2.38. The summed E-state index contributed by atoms with van der Waals surface area (Å²) in [7, 11) is 0. The van der Waals surface area contributed by atoms with Gasteiger partial charge in [0.15, 0.2) is 0 Å². The van der Waals surface area contributed by atoms with Gasteiger partial charge in [-0.2, -0.15) is 0 Å². The molecule has 9 heteroatoms. The molecule has 0 fully saturated rings. The Balaban J connectivity index is 1.65. The second kappa shape index (κ2) is 12.5. The maximum Gasteiger partial charge on any atom is 0.342 e. The second-order valence-electron chi connectivity index (χ2n) is 8.99. The average Bonchev–Trinajstić information content (AvgIpc) is 3.27. The number of carbonyl (C=O) groups is 3. The van der Waals surface area contributed by atoms with Crippen LogP contribution in [0.25, 0.3) is 0 Å². The van der Waals surface area contributed by atoms with Gasteiger partial charge in [-0.3, -0.25) is 4.79 Å². The molecule has 4 rings (SSSR count). The molecular weight excluding hydrogens is 526 g/mol. The van der Waals surface area contributed by atoms with Crippen LogP contribution in [0.2, 0.25) is 0 Å². The molecule has 0 saturated carbocycles. The van der Waals surface area contributed by atoms with Crippen LogP contribution in [0.1, 0.15) is 56.0 Å². The molecule has 0 aliphatic heterocycles. The minimum Gasteiger partial charge on any atom is -0.462 e. The summed E-state index contributed by atoms with van der Waals surface area (Å²) in [6, 6.07) is 23.5. The molecule has 206 valence electrons. The highest BCUT2D eigenvalue weighted by molar-refractivity contribution is 7.20. The first-order valence-electron chi connectivity index (χ1n) is 12.8. The quantitative estimate of drug-likeness (QED) is 0.213. The van der Waals surface area contributed by atoms with Crippen molar-refractivity contribution in [2.45, 2.75) is 27.7 Å². The minimum atomic E-state index is -0.768. The van der Waals surface area contributed by atoms with Gasteiger partial charge in [-0.05, 0) is 76.2 Å². The molecule has 4 aromatic rings. The van der Waals surface area contributed by atoms with E-state index in [2.05, 4.69) is 58.7 Å². The van der Waals surface area contributed by atoms with Gasteiger partial charge in [-0.1, -0.05) is 46.7 Å². The van der Waals surface area contributed by atoms with Crippen LogP contribution in [0.5, 0.6) is 0 Å². The SMILES string of the molecule is CCOC(=O)c1c(N)sc(NC(=O)c2ccc(N(c3ccc(C)cc3)c3ccc(C)cc3)cc2)c1C(=O)OCC. The Morgan fingerprint density at radius 3 is 1.60 bits per heavy atom. The van der Waals surface area contributed by atoms with Crippen LogP contribution in [0.4, 0.5) is 27.1 Å². The Bertz CT molecular complexity index is 1470. The molecule has 3 aromatic carbocycles. The van der Waals surface area contributed by atoms with Crippen molar-refractivity contribution in [2.75, 3.05) is 29.2 Å². The van der Waals surface area contributed by atoms with Crippen molar-refractivity contribution in [1.82, 2.24) is 0 Å². The van der Waals surface area contributed by atoms with E-state index in [4.69, 9.17) is 15.2 Å².